The van der Waals surface area contributed by atoms with Gasteiger partial charge in [-0.1, -0.05) is 39.3 Å². The molecule has 3 unspecified atom stereocenters. The average Bonchev–Trinajstić information content (AvgIpc) is 3.30. The summed E-state index contributed by atoms with van der Waals surface area (Å²) < 4.78 is 19.0. The molecule has 5 heteroatoms. The lowest BCUT2D eigenvalue weighted by Gasteiger charge is -2.33. The van der Waals surface area contributed by atoms with Gasteiger partial charge in [-0.3, -0.25) is 0 Å². The van der Waals surface area contributed by atoms with E-state index in [1.165, 1.54) is 24.8 Å². The van der Waals surface area contributed by atoms with Gasteiger partial charge < -0.3 is 19.2 Å². The van der Waals surface area contributed by atoms with Gasteiger partial charge in [0.15, 0.2) is 0 Å². The maximum Gasteiger partial charge on any atom is 0.494 e. The number of ether oxygens (including phenoxy) is 1. The zero-order valence-electron chi connectivity index (χ0n) is 21.7. The molecule has 3 atom stereocenters. The smallest absolute Gasteiger partial charge is 0.493 e. The highest BCUT2D eigenvalue weighted by Crippen LogP contribution is 2.63. The van der Waals surface area contributed by atoms with E-state index in [0.717, 1.165) is 41.6 Å². The van der Waals surface area contributed by atoms with Crippen molar-refractivity contribution in [3.63, 3.8) is 0 Å². The Morgan fingerprint density at radius 3 is 2.28 bits per heavy atom. The van der Waals surface area contributed by atoms with Crippen LogP contribution in [0.1, 0.15) is 99.1 Å². The van der Waals surface area contributed by atoms with E-state index in [1.807, 2.05) is 19.9 Å². The number of fused-ring (bicyclic) bond motifs is 2. The van der Waals surface area contributed by atoms with E-state index >= 15 is 0 Å². The fraction of sp³-hybridized carbons (Fsp3) is 0.778. The SMILES string of the molecule is CC(C)C(C)CCC1CC12CCOc1c(C(C)(C)O)cc(B3OC(C)(C)C(C)(C)O3)cc12. The first-order valence-corrected chi connectivity index (χ1v) is 12.6. The number of aliphatic hydroxyl groups is 1. The van der Waals surface area contributed by atoms with Crippen LogP contribution in [-0.2, 0) is 20.3 Å². The molecule has 0 radical (unpaired) electrons. The maximum absolute atomic E-state index is 11.0. The van der Waals surface area contributed by atoms with Crippen molar-refractivity contribution in [3.05, 3.63) is 23.3 Å². The molecule has 1 aromatic carbocycles. The van der Waals surface area contributed by atoms with Gasteiger partial charge in [0.1, 0.15) is 5.75 Å². The molecule has 1 saturated carbocycles. The molecule has 0 aromatic heterocycles. The van der Waals surface area contributed by atoms with Gasteiger partial charge in [0.2, 0.25) is 0 Å². The van der Waals surface area contributed by atoms with Crippen LogP contribution in [0.25, 0.3) is 0 Å². The zero-order valence-corrected chi connectivity index (χ0v) is 21.7. The Balaban J connectivity index is 1.71. The number of rotatable bonds is 6. The average molecular weight is 442 g/mol. The van der Waals surface area contributed by atoms with E-state index in [0.29, 0.717) is 5.92 Å². The lowest BCUT2D eigenvalue weighted by atomic mass is 9.72. The highest BCUT2D eigenvalue weighted by Gasteiger charge is 2.58. The lowest BCUT2D eigenvalue weighted by Crippen LogP contribution is -2.41. The molecule has 0 amide bonds. The summed E-state index contributed by atoms with van der Waals surface area (Å²) in [6.45, 7) is 19.8. The summed E-state index contributed by atoms with van der Waals surface area (Å²) in [5.41, 5.74) is 1.47. The molecule has 4 rings (SSSR count). The fourth-order valence-electron chi connectivity index (χ4n) is 5.41. The van der Waals surface area contributed by atoms with E-state index in [9.17, 15) is 5.11 Å². The minimum Gasteiger partial charge on any atom is -0.493 e. The van der Waals surface area contributed by atoms with Crippen LogP contribution in [0.15, 0.2) is 12.1 Å². The van der Waals surface area contributed by atoms with E-state index < -0.39 is 23.9 Å². The van der Waals surface area contributed by atoms with E-state index in [2.05, 4.69) is 54.5 Å². The van der Waals surface area contributed by atoms with E-state index in [-0.39, 0.29) is 5.41 Å². The molecule has 1 N–H and O–H groups in total. The Kier molecular flexibility index (Phi) is 5.83. The molecule has 2 fully saturated rings. The van der Waals surface area contributed by atoms with Gasteiger partial charge in [-0.15, -0.1) is 0 Å². The molecule has 178 valence electrons. The number of hydrogen-bond donors (Lipinski definition) is 1. The highest BCUT2D eigenvalue weighted by atomic mass is 16.7. The van der Waals surface area contributed by atoms with Gasteiger partial charge in [0, 0.05) is 16.5 Å². The summed E-state index contributed by atoms with van der Waals surface area (Å²) in [5, 5.41) is 11.0. The fourth-order valence-corrected chi connectivity index (χ4v) is 5.41. The Bertz CT molecular complexity index is 853. The van der Waals surface area contributed by atoms with E-state index in [4.69, 9.17) is 14.0 Å². The number of hydrogen-bond acceptors (Lipinski definition) is 4. The molecule has 2 heterocycles. The second-order valence-corrected chi connectivity index (χ2v) is 12.5. The third kappa shape index (κ3) is 4.03. The summed E-state index contributed by atoms with van der Waals surface area (Å²) >= 11 is 0. The van der Waals surface area contributed by atoms with Crippen molar-refractivity contribution in [1.29, 1.82) is 0 Å². The molecular weight excluding hydrogens is 399 g/mol. The molecule has 1 aromatic rings. The van der Waals surface area contributed by atoms with Gasteiger partial charge in [0.25, 0.3) is 0 Å². The standard InChI is InChI=1S/C27H43BO4/c1-17(2)18(3)10-11-19-16-27(19)12-13-30-23-21(24(4,5)29)14-20(15-22(23)27)28-31-25(6,7)26(8,9)32-28/h14-15,17-19,29H,10-13,16H2,1-9H3. The Morgan fingerprint density at radius 2 is 1.72 bits per heavy atom. The third-order valence-electron chi connectivity index (χ3n) is 8.97. The Labute approximate surface area is 195 Å². The van der Waals surface area contributed by atoms with Gasteiger partial charge in [-0.2, -0.15) is 0 Å². The van der Waals surface area contributed by atoms with Crippen LogP contribution >= 0.6 is 0 Å². The minimum atomic E-state index is -1.00. The third-order valence-corrected chi connectivity index (χ3v) is 8.97. The van der Waals surface area contributed by atoms with Crippen molar-refractivity contribution >= 4 is 12.6 Å². The maximum atomic E-state index is 11.0. The summed E-state index contributed by atoms with van der Waals surface area (Å²) in [6.07, 6.45) is 4.80. The van der Waals surface area contributed by atoms with E-state index in [1.54, 1.807) is 0 Å². The van der Waals surface area contributed by atoms with Crippen LogP contribution in [-0.4, -0.2) is 30.0 Å². The van der Waals surface area contributed by atoms with Crippen molar-refractivity contribution < 1.29 is 19.2 Å². The zero-order chi connectivity index (χ0) is 23.7. The van der Waals surface area contributed by atoms with Crippen molar-refractivity contribution in [2.45, 2.75) is 110 Å². The van der Waals surface area contributed by atoms with Crippen LogP contribution in [0.4, 0.5) is 0 Å². The number of benzene rings is 1. The highest BCUT2D eigenvalue weighted by molar-refractivity contribution is 6.62. The van der Waals surface area contributed by atoms with Gasteiger partial charge in [0.05, 0.1) is 23.4 Å². The van der Waals surface area contributed by atoms with Crippen LogP contribution in [0.5, 0.6) is 5.75 Å². The molecular formula is C27H43BO4. The van der Waals surface area contributed by atoms with Crippen molar-refractivity contribution in [2.75, 3.05) is 6.61 Å². The lowest BCUT2D eigenvalue weighted by molar-refractivity contribution is 0.00578. The summed E-state index contributed by atoms with van der Waals surface area (Å²) in [7, 11) is -0.441. The molecule has 0 bridgehead atoms. The van der Waals surface area contributed by atoms with Crippen molar-refractivity contribution in [3.8, 4) is 5.75 Å². The first-order chi connectivity index (χ1) is 14.7. The molecule has 32 heavy (non-hydrogen) atoms. The molecule has 1 aliphatic carbocycles. The van der Waals surface area contributed by atoms with Crippen molar-refractivity contribution in [1.82, 2.24) is 0 Å². The largest absolute Gasteiger partial charge is 0.494 e. The first kappa shape index (κ1) is 24.1. The predicted octanol–water partition coefficient (Wildman–Crippen LogP) is 5.33. The van der Waals surface area contributed by atoms with Crippen LogP contribution < -0.4 is 10.2 Å². The molecule has 2 aliphatic heterocycles. The summed E-state index contributed by atoms with van der Waals surface area (Å²) in [6, 6.07) is 4.30. The monoisotopic (exact) mass is 442 g/mol. The molecule has 1 spiro atoms. The second-order valence-electron chi connectivity index (χ2n) is 12.5. The van der Waals surface area contributed by atoms with Crippen molar-refractivity contribution in [2.24, 2.45) is 17.8 Å². The minimum absolute atomic E-state index is 0.171. The molecule has 3 aliphatic rings. The van der Waals surface area contributed by atoms with Crippen LogP contribution in [0.2, 0.25) is 0 Å². The molecule has 4 nitrogen and oxygen atoms in total. The topological polar surface area (TPSA) is 47.9 Å². The normalized spacial score (nSPS) is 29.2. The summed E-state index contributed by atoms with van der Waals surface area (Å²) in [5.74, 6) is 3.05. The van der Waals surface area contributed by atoms with Gasteiger partial charge in [-0.05, 0) is 84.0 Å². The second kappa shape index (κ2) is 7.75. The predicted molar refractivity (Wildman–Crippen MR) is 131 cm³/mol. The van der Waals surface area contributed by atoms with Crippen LogP contribution in [0, 0.1) is 17.8 Å². The Hall–Kier alpha value is -1.04. The van der Waals surface area contributed by atoms with Gasteiger partial charge >= 0.3 is 7.12 Å². The first-order valence-electron chi connectivity index (χ1n) is 12.6. The van der Waals surface area contributed by atoms with Crippen LogP contribution in [0.3, 0.4) is 0 Å². The quantitative estimate of drug-likeness (QED) is 0.606. The summed E-state index contributed by atoms with van der Waals surface area (Å²) in [4.78, 5) is 0. The van der Waals surface area contributed by atoms with Gasteiger partial charge in [-0.25, -0.2) is 0 Å². The molecule has 1 saturated heterocycles. The Morgan fingerprint density at radius 1 is 1.09 bits per heavy atom.